The molecule has 3 N–H and O–H groups in total. The number of nitrogens with zero attached hydrogens (tertiary/aromatic N) is 1. The predicted octanol–water partition coefficient (Wildman–Crippen LogP) is 1.08. The van der Waals surface area contributed by atoms with E-state index < -0.39 is 0 Å². The lowest BCUT2D eigenvalue weighted by molar-refractivity contribution is 0.168. The van der Waals surface area contributed by atoms with E-state index in [-0.39, 0.29) is 6.03 Å². The number of nitrogens with two attached hydrogens (primary N) is 1. The Labute approximate surface area is 79.4 Å². The Balaban J connectivity index is 2.26. The molecule has 0 aromatic heterocycles. The molecule has 2 amide bonds. The standard InChI is InChI=1S/C9H19N3O/c1-2-3-8-4-6-12(7-5-8)9(13)11-10/h8H,2-7,10H2,1H3,(H,11,13). The SMILES string of the molecule is CCCC1CCN(C(=O)NN)CC1. The summed E-state index contributed by atoms with van der Waals surface area (Å²) >= 11 is 0. The first kappa shape index (κ1) is 10.3. The molecule has 1 fully saturated rings. The summed E-state index contributed by atoms with van der Waals surface area (Å²) < 4.78 is 0. The van der Waals surface area contributed by atoms with Crippen molar-refractivity contribution >= 4 is 6.03 Å². The largest absolute Gasteiger partial charge is 0.331 e. The van der Waals surface area contributed by atoms with E-state index in [2.05, 4.69) is 12.3 Å². The number of carbonyl (C=O) groups is 1. The Morgan fingerprint density at radius 3 is 2.62 bits per heavy atom. The van der Waals surface area contributed by atoms with E-state index in [0.29, 0.717) is 0 Å². The van der Waals surface area contributed by atoms with Crippen molar-refractivity contribution in [3.05, 3.63) is 0 Å². The first-order chi connectivity index (χ1) is 6.27. The number of hydrogen-bond donors (Lipinski definition) is 2. The zero-order valence-corrected chi connectivity index (χ0v) is 8.25. The fourth-order valence-corrected chi connectivity index (χ4v) is 1.92. The van der Waals surface area contributed by atoms with Gasteiger partial charge in [0.2, 0.25) is 0 Å². The van der Waals surface area contributed by atoms with Gasteiger partial charge in [-0.05, 0) is 18.8 Å². The summed E-state index contributed by atoms with van der Waals surface area (Å²) in [7, 11) is 0. The number of urea groups is 1. The van der Waals surface area contributed by atoms with Gasteiger partial charge in [-0.3, -0.25) is 5.43 Å². The Bertz CT molecular complexity index is 164. The number of carbonyl (C=O) groups excluding carboxylic acids is 1. The van der Waals surface area contributed by atoms with E-state index in [9.17, 15) is 4.79 Å². The maximum Gasteiger partial charge on any atom is 0.331 e. The van der Waals surface area contributed by atoms with Crippen LogP contribution in [0.2, 0.25) is 0 Å². The maximum atomic E-state index is 11.1. The van der Waals surface area contributed by atoms with Crippen molar-refractivity contribution in [2.75, 3.05) is 13.1 Å². The number of hydrogen-bond acceptors (Lipinski definition) is 2. The van der Waals surface area contributed by atoms with E-state index in [1.54, 1.807) is 4.90 Å². The molecule has 13 heavy (non-hydrogen) atoms. The van der Waals surface area contributed by atoms with Gasteiger partial charge in [0.15, 0.2) is 0 Å². The van der Waals surface area contributed by atoms with Crippen LogP contribution in [-0.2, 0) is 0 Å². The van der Waals surface area contributed by atoms with Crippen LogP contribution in [0.15, 0.2) is 0 Å². The monoisotopic (exact) mass is 185 g/mol. The second-order valence-electron chi connectivity index (χ2n) is 3.67. The highest BCUT2D eigenvalue weighted by atomic mass is 16.2. The molecule has 0 aliphatic carbocycles. The number of likely N-dealkylation sites (tertiary alicyclic amines) is 1. The van der Waals surface area contributed by atoms with E-state index >= 15 is 0 Å². The second kappa shape index (κ2) is 5.07. The lowest BCUT2D eigenvalue weighted by Gasteiger charge is -2.31. The van der Waals surface area contributed by atoms with Crippen LogP contribution in [0, 0.1) is 5.92 Å². The smallest absolute Gasteiger partial charge is 0.324 e. The van der Waals surface area contributed by atoms with Gasteiger partial charge in [-0.15, -0.1) is 0 Å². The lowest BCUT2D eigenvalue weighted by atomic mass is 9.93. The fourth-order valence-electron chi connectivity index (χ4n) is 1.92. The van der Waals surface area contributed by atoms with Crippen LogP contribution in [0.4, 0.5) is 4.79 Å². The maximum absolute atomic E-state index is 11.1. The summed E-state index contributed by atoms with van der Waals surface area (Å²) in [5.41, 5.74) is 2.17. The van der Waals surface area contributed by atoms with Gasteiger partial charge in [0.25, 0.3) is 0 Å². The molecule has 0 spiro atoms. The van der Waals surface area contributed by atoms with Crippen molar-refractivity contribution in [2.24, 2.45) is 11.8 Å². The average Bonchev–Trinajstić information content (AvgIpc) is 2.18. The molecule has 0 bridgehead atoms. The Hall–Kier alpha value is -0.770. The third-order valence-corrected chi connectivity index (χ3v) is 2.72. The van der Waals surface area contributed by atoms with Crippen LogP contribution < -0.4 is 11.3 Å². The summed E-state index contributed by atoms with van der Waals surface area (Å²) in [6.07, 6.45) is 4.79. The third-order valence-electron chi connectivity index (χ3n) is 2.72. The molecule has 1 saturated heterocycles. The van der Waals surface area contributed by atoms with E-state index in [1.807, 2.05) is 0 Å². The molecule has 0 atom stereocenters. The molecule has 0 saturated carbocycles. The molecular weight excluding hydrogens is 166 g/mol. The minimum atomic E-state index is -0.144. The van der Waals surface area contributed by atoms with Gasteiger partial charge in [0.1, 0.15) is 0 Å². The number of hydrazine groups is 1. The molecule has 1 rings (SSSR count). The molecule has 76 valence electrons. The predicted molar refractivity (Wildman–Crippen MR) is 51.9 cm³/mol. The average molecular weight is 185 g/mol. The minimum Gasteiger partial charge on any atom is -0.324 e. The van der Waals surface area contributed by atoms with Crippen molar-refractivity contribution in [3.8, 4) is 0 Å². The van der Waals surface area contributed by atoms with Crippen molar-refractivity contribution in [2.45, 2.75) is 32.6 Å². The van der Waals surface area contributed by atoms with Gasteiger partial charge in [0.05, 0.1) is 0 Å². The van der Waals surface area contributed by atoms with E-state index in [4.69, 9.17) is 5.84 Å². The molecule has 1 heterocycles. The van der Waals surface area contributed by atoms with Crippen LogP contribution in [0.5, 0.6) is 0 Å². The molecule has 1 aliphatic rings. The highest BCUT2D eigenvalue weighted by molar-refractivity contribution is 5.73. The third kappa shape index (κ3) is 2.88. The molecule has 4 heteroatoms. The quantitative estimate of drug-likeness (QED) is 0.384. The van der Waals surface area contributed by atoms with E-state index in [0.717, 1.165) is 31.8 Å². The molecule has 0 radical (unpaired) electrons. The van der Waals surface area contributed by atoms with Crippen LogP contribution in [-0.4, -0.2) is 24.0 Å². The van der Waals surface area contributed by atoms with Gasteiger partial charge in [0, 0.05) is 13.1 Å². The molecule has 4 nitrogen and oxygen atoms in total. The fraction of sp³-hybridized carbons (Fsp3) is 0.889. The topological polar surface area (TPSA) is 58.4 Å². The Morgan fingerprint density at radius 2 is 2.15 bits per heavy atom. The Morgan fingerprint density at radius 1 is 1.54 bits per heavy atom. The van der Waals surface area contributed by atoms with Crippen molar-refractivity contribution in [3.63, 3.8) is 0 Å². The summed E-state index contributed by atoms with van der Waals surface area (Å²) in [6.45, 7) is 3.92. The highest BCUT2D eigenvalue weighted by Gasteiger charge is 2.21. The first-order valence-electron chi connectivity index (χ1n) is 5.03. The number of amides is 2. The molecule has 0 aromatic rings. The van der Waals surface area contributed by atoms with Crippen LogP contribution >= 0.6 is 0 Å². The lowest BCUT2D eigenvalue weighted by Crippen LogP contribution is -2.46. The molecule has 0 unspecified atom stereocenters. The van der Waals surface area contributed by atoms with Gasteiger partial charge in [-0.2, -0.15) is 0 Å². The van der Waals surface area contributed by atoms with Gasteiger partial charge in [-0.25, -0.2) is 10.6 Å². The zero-order chi connectivity index (χ0) is 9.68. The van der Waals surface area contributed by atoms with Gasteiger partial charge in [-0.1, -0.05) is 19.8 Å². The van der Waals surface area contributed by atoms with Crippen LogP contribution in [0.25, 0.3) is 0 Å². The van der Waals surface area contributed by atoms with Gasteiger partial charge >= 0.3 is 6.03 Å². The van der Waals surface area contributed by atoms with Crippen LogP contribution in [0.1, 0.15) is 32.6 Å². The summed E-state index contributed by atoms with van der Waals surface area (Å²) in [6, 6.07) is -0.144. The molecule has 1 aliphatic heterocycles. The molecule has 0 aromatic carbocycles. The van der Waals surface area contributed by atoms with Crippen molar-refractivity contribution < 1.29 is 4.79 Å². The number of piperidine rings is 1. The van der Waals surface area contributed by atoms with E-state index in [1.165, 1.54) is 12.8 Å². The number of rotatable bonds is 2. The van der Waals surface area contributed by atoms with Crippen LogP contribution in [0.3, 0.4) is 0 Å². The summed E-state index contributed by atoms with van der Waals surface area (Å²) in [5, 5.41) is 0. The summed E-state index contributed by atoms with van der Waals surface area (Å²) in [4.78, 5) is 12.9. The zero-order valence-electron chi connectivity index (χ0n) is 8.25. The van der Waals surface area contributed by atoms with Crippen molar-refractivity contribution in [1.82, 2.24) is 10.3 Å². The first-order valence-corrected chi connectivity index (χ1v) is 5.03. The van der Waals surface area contributed by atoms with Crippen molar-refractivity contribution in [1.29, 1.82) is 0 Å². The number of nitrogens with one attached hydrogen (secondary N) is 1. The Kier molecular flexibility index (Phi) is 4.02. The van der Waals surface area contributed by atoms with Gasteiger partial charge < -0.3 is 4.90 Å². The highest BCUT2D eigenvalue weighted by Crippen LogP contribution is 2.21. The normalized spacial score (nSPS) is 18.8. The molecular formula is C9H19N3O. The summed E-state index contributed by atoms with van der Waals surface area (Å²) in [5.74, 6) is 5.87. The second-order valence-corrected chi connectivity index (χ2v) is 3.67. The minimum absolute atomic E-state index is 0.144.